The summed E-state index contributed by atoms with van der Waals surface area (Å²) >= 11 is 0. The Bertz CT molecular complexity index is 545. The van der Waals surface area contributed by atoms with E-state index in [2.05, 4.69) is 0 Å². The average Bonchev–Trinajstić information content (AvgIpc) is 2.62. The molecule has 0 fully saturated rings. The minimum atomic E-state index is -0.375. The first kappa shape index (κ1) is 10.7. The van der Waals surface area contributed by atoms with E-state index >= 15 is 0 Å². The lowest BCUT2D eigenvalue weighted by Gasteiger charge is -2.01. The standard InChI is InChI=1S/C12H13FN2O/c1-2-3-7-4-9(13)11-8(12(14)15)6-16-10(11)5-7/h4-6H,2-3H2,1H3,(H3,14,15). The number of benzene rings is 1. The second-order valence-corrected chi connectivity index (χ2v) is 3.76. The van der Waals surface area contributed by atoms with E-state index < -0.39 is 0 Å². The predicted octanol–water partition coefficient (Wildman–Crippen LogP) is 2.81. The van der Waals surface area contributed by atoms with Crippen LogP contribution in [0.4, 0.5) is 4.39 Å². The maximum Gasteiger partial charge on any atom is 0.137 e. The van der Waals surface area contributed by atoms with Gasteiger partial charge in [0, 0.05) is 0 Å². The van der Waals surface area contributed by atoms with Crippen LogP contribution in [0, 0.1) is 11.2 Å². The first-order valence-electron chi connectivity index (χ1n) is 5.17. The van der Waals surface area contributed by atoms with Crippen molar-refractivity contribution in [3.05, 3.63) is 35.3 Å². The molecule has 1 heterocycles. The van der Waals surface area contributed by atoms with Crippen molar-refractivity contribution in [2.24, 2.45) is 5.73 Å². The Morgan fingerprint density at radius 3 is 2.88 bits per heavy atom. The minimum absolute atomic E-state index is 0.180. The number of nitrogens with two attached hydrogens (primary N) is 1. The highest BCUT2D eigenvalue weighted by Crippen LogP contribution is 2.26. The summed E-state index contributed by atoms with van der Waals surface area (Å²) in [5.74, 6) is -0.555. The predicted molar refractivity (Wildman–Crippen MR) is 61.2 cm³/mol. The van der Waals surface area contributed by atoms with Gasteiger partial charge >= 0.3 is 0 Å². The van der Waals surface area contributed by atoms with Crippen LogP contribution < -0.4 is 5.73 Å². The van der Waals surface area contributed by atoms with Gasteiger partial charge in [-0.05, 0) is 24.1 Å². The smallest absolute Gasteiger partial charge is 0.137 e. The molecule has 0 radical (unpaired) electrons. The summed E-state index contributed by atoms with van der Waals surface area (Å²) < 4.78 is 19.0. The van der Waals surface area contributed by atoms with Gasteiger partial charge in [0.1, 0.15) is 23.5 Å². The number of fused-ring (bicyclic) bond motifs is 1. The second-order valence-electron chi connectivity index (χ2n) is 3.76. The summed E-state index contributed by atoms with van der Waals surface area (Å²) in [7, 11) is 0. The molecule has 84 valence electrons. The molecule has 0 aliphatic heterocycles. The number of nitrogen functional groups attached to an aromatic ring is 1. The molecule has 0 amide bonds. The number of hydrogen-bond acceptors (Lipinski definition) is 2. The van der Waals surface area contributed by atoms with Gasteiger partial charge in [0.05, 0.1) is 10.9 Å². The number of hydrogen-bond donors (Lipinski definition) is 2. The number of nitrogens with one attached hydrogen (secondary N) is 1. The van der Waals surface area contributed by atoms with E-state index in [9.17, 15) is 4.39 Å². The molecule has 3 nitrogen and oxygen atoms in total. The lowest BCUT2D eigenvalue weighted by Crippen LogP contribution is -2.10. The number of amidine groups is 1. The molecule has 3 N–H and O–H groups in total. The molecule has 0 atom stereocenters. The Kier molecular flexibility index (Phi) is 2.64. The summed E-state index contributed by atoms with van der Waals surface area (Å²) in [6.07, 6.45) is 3.08. The lowest BCUT2D eigenvalue weighted by atomic mass is 10.1. The molecule has 0 aliphatic rings. The SMILES string of the molecule is CCCc1cc(F)c2c(C(=N)N)coc2c1. The lowest BCUT2D eigenvalue weighted by molar-refractivity contribution is 0.608. The van der Waals surface area contributed by atoms with Crippen molar-refractivity contribution in [2.75, 3.05) is 0 Å². The highest BCUT2D eigenvalue weighted by atomic mass is 19.1. The zero-order valence-electron chi connectivity index (χ0n) is 9.01. The molecule has 0 saturated heterocycles. The summed E-state index contributed by atoms with van der Waals surface area (Å²) in [6, 6.07) is 3.28. The van der Waals surface area contributed by atoms with Gasteiger partial charge in [0.25, 0.3) is 0 Å². The Labute approximate surface area is 92.6 Å². The molecule has 0 saturated carbocycles. The van der Waals surface area contributed by atoms with Crippen molar-refractivity contribution in [1.29, 1.82) is 5.41 Å². The molecule has 0 bridgehead atoms. The van der Waals surface area contributed by atoms with Gasteiger partial charge in [0.15, 0.2) is 0 Å². The molecule has 0 aliphatic carbocycles. The van der Waals surface area contributed by atoms with Crippen LogP contribution in [-0.4, -0.2) is 5.84 Å². The molecule has 1 aromatic carbocycles. The normalized spacial score (nSPS) is 10.9. The Morgan fingerprint density at radius 1 is 1.50 bits per heavy atom. The third-order valence-electron chi connectivity index (χ3n) is 2.52. The van der Waals surface area contributed by atoms with Crippen molar-refractivity contribution in [3.63, 3.8) is 0 Å². The fraction of sp³-hybridized carbons (Fsp3) is 0.250. The molecule has 2 aromatic rings. The van der Waals surface area contributed by atoms with E-state index in [4.69, 9.17) is 15.6 Å². The van der Waals surface area contributed by atoms with Crippen LogP contribution in [0.1, 0.15) is 24.5 Å². The van der Waals surface area contributed by atoms with Gasteiger partial charge in [-0.2, -0.15) is 0 Å². The Hall–Kier alpha value is -1.84. The first-order chi connectivity index (χ1) is 7.63. The van der Waals surface area contributed by atoms with E-state index in [0.717, 1.165) is 18.4 Å². The largest absolute Gasteiger partial charge is 0.463 e. The van der Waals surface area contributed by atoms with Crippen LogP contribution in [0.2, 0.25) is 0 Å². The minimum Gasteiger partial charge on any atom is -0.463 e. The zero-order valence-corrected chi connectivity index (χ0v) is 9.01. The van der Waals surface area contributed by atoms with Gasteiger partial charge < -0.3 is 10.2 Å². The molecule has 16 heavy (non-hydrogen) atoms. The number of rotatable bonds is 3. The summed E-state index contributed by atoms with van der Waals surface area (Å²) in [6.45, 7) is 2.03. The van der Waals surface area contributed by atoms with Crippen molar-refractivity contribution in [1.82, 2.24) is 0 Å². The van der Waals surface area contributed by atoms with Gasteiger partial charge in [-0.15, -0.1) is 0 Å². The fourth-order valence-electron chi connectivity index (χ4n) is 1.80. The molecule has 4 heteroatoms. The molecule has 0 spiro atoms. The average molecular weight is 220 g/mol. The van der Waals surface area contributed by atoms with Crippen molar-refractivity contribution in [2.45, 2.75) is 19.8 Å². The highest BCUT2D eigenvalue weighted by molar-refractivity contribution is 6.06. The number of aryl methyl sites for hydroxylation is 1. The molecular weight excluding hydrogens is 207 g/mol. The number of furan rings is 1. The molecule has 1 aromatic heterocycles. The third kappa shape index (κ3) is 1.66. The van der Waals surface area contributed by atoms with Gasteiger partial charge in [-0.1, -0.05) is 13.3 Å². The molecule has 0 unspecified atom stereocenters. The van der Waals surface area contributed by atoms with Crippen LogP contribution in [0.3, 0.4) is 0 Å². The van der Waals surface area contributed by atoms with Crippen LogP contribution in [0.25, 0.3) is 11.0 Å². The van der Waals surface area contributed by atoms with Crippen molar-refractivity contribution < 1.29 is 8.81 Å². The van der Waals surface area contributed by atoms with Crippen molar-refractivity contribution in [3.8, 4) is 0 Å². The quantitative estimate of drug-likeness (QED) is 0.617. The zero-order chi connectivity index (χ0) is 11.7. The van der Waals surface area contributed by atoms with Crippen LogP contribution >= 0.6 is 0 Å². The summed E-state index contributed by atoms with van der Waals surface area (Å²) in [4.78, 5) is 0. The van der Waals surface area contributed by atoms with Crippen molar-refractivity contribution >= 4 is 16.8 Å². The van der Waals surface area contributed by atoms with E-state index in [1.54, 1.807) is 6.07 Å². The van der Waals surface area contributed by atoms with E-state index in [0.29, 0.717) is 16.5 Å². The fourth-order valence-corrected chi connectivity index (χ4v) is 1.80. The monoisotopic (exact) mass is 220 g/mol. The molecule has 2 rings (SSSR count). The summed E-state index contributed by atoms with van der Waals surface area (Å²) in [5, 5.41) is 7.62. The Balaban J connectivity index is 2.64. The summed E-state index contributed by atoms with van der Waals surface area (Å²) in [5.41, 5.74) is 7.01. The number of halogens is 1. The van der Waals surface area contributed by atoms with Gasteiger partial charge in [0.2, 0.25) is 0 Å². The first-order valence-corrected chi connectivity index (χ1v) is 5.17. The maximum atomic E-state index is 13.8. The second kappa shape index (κ2) is 3.96. The van der Waals surface area contributed by atoms with Crippen LogP contribution in [0.15, 0.2) is 22.8 Å². The third-order valence-corrected chi connectivity index (χ3v) is 2.52. The topological polar surface area (TPSA) is 63.0 Å². The van der Waals surface area contributed by atoms with E-state index in [1.807, 2.05) is 6.92 Å². The molecular formula is C12H13FN2O. The van der Waals surface area contributed by atoms with Crippen LogP contribution in [-0.2, 0) is 6.42 Å². The highest BCUT2D eigenvalue weighted by Gasteiger charge is 2.14. The van der Waals surface area contributed by atoms with E-state index in [-0.39, 0.29) is 11.7 Å². The van der Waals surface area contributed by atoms with Gasteiger partial charge in [-0.25, -0.2) is 4.39 Å². The van der Waals surface area contributed by atoms with Crippen LogP contribution in [0.5, 0.6) is 0 Å². The van der Waals surface area contributed by atoms with E-state index in [1.165, 1.54) is 12.3 Å². The van der Waals surface area contributed by atoms with Gasteiger partial charge in [-0.3, -0.25) is 5.41 Å². The maximum absolute atomic E-state index is 13.8. The Morgan fingerprint density at radius 2 is 2.25 bits per heavy atom.